The van der Waals surface area contributed by atoms with Crippen LogP contribution in [0.2, 0.25) is 15.1 Å². The Morgan fingerprint density at radius 3 is 2.29 bits per heavy atom. The van der Waals surface area contributed by atoms with Crippen molar-refractivity contribution in [2.24, 2.45) is 0 Å². The van der Waals surface area contributed by atoms with Gasteiger partial charge in [0.2, 0.25) is 0 Å². The first kappa shape index (κ1) is 24.6. The fourth-order valence-electron chi connectivity index (χ4n) is 3.34. The van der Waals surface area contributed by atoms with E-state index in [1.807, 2.05) is 0 Å². The van der Waals surface area contributed by atoms with Crippen LogP contribution in [0.5, 0.6) is 11.5 Å². The minimum absolute atomic E-state index is 0.102. The molecule has 7 nitrogen and oxygen atoms in total. The maximum Gasteiger partial charge on any atom is 0.335 e. The zero-order valence-corrected chi connectivity index (χ0v) is 20.4. The summed E-state index contributed by atoms with van der Waals surface area (Å²) in [5.41, 5.74) is 1.06. The van der Waals surface area contributed by atoms with Crippen molar-refractivity contribution < 1.29 is 23.9 Å². The number of ether oxygens (including phenoxy) is 2. The van der Waals surface area contributed by atoms with Gasteiger partial charge in [-0.1, -0.05) is 40.9 Å². The second-order valence-electron chi connectivity index (χ2n) is 7.36. The molecular weight excluding hydrogens is 515 g/mol. The first-order valence-corrected chi connectivity index (χ1v) is 11.3. The van der Waals surface area contributed by atoms with Gasteiger partial charge in [0.15, 0.2) is 0 Å². The highest BCUT2D eigenvalue weighted by atomic mass is 35.5. The topological polar surface area (TPSA) is 84.9 Å². The zero-order valence-electron chi connectivity index (χ0n) is 18.2. The Morgan fingerprint density at radius 1 is 0.914 bits per heavy atom. The van der Waals surface area contributed by atoms with Crippen LogP contribution >= 0.6 is 34.8 Å². The number of imide groups is 2. The Balaban J connectivity index is 1.66. The van der Waals surface area contributed by atoms with Crippen molar-refractivity contribution in [3.05, 3.63) is 92.4 Å². The minimum atomic E-state index is -0.859. The molecule has 0 aromatic heterocycles. The molecule has 1 aliphatic rings. The van der Waals surface area contributed by atoms with Crippen molar-refractivity contribution in [3.8, 4) is 11.5 Å². The van der Waals surface area contributed by atoms with Gasteiger partial charge in [-0.15, -0.1) is 0 Å². The number of rotatable bonds is 6. The first-order chi connectivity index (χ1) is 16.8. The van der Waals surface area contributed by atoms with E-state index in [0.717, 1.165) is 4.90 Å². The first-order valence-electron chi connectivity index (χ1n) is 10.2. The maximum atomic E-state index is 13.2. The highest BCUT2D eigenvalue weighted by molar-refractivity contribution is 6.39. The Morgan fingerprint density at radius 2 is 1.60 bits per heavy atom. The summed E-state index contributed by atoms with van der Waals surface area (Å²) >= 11 is 18.3. The summed E-state index contributed by atoms with van der Waals surface area (Å²) in [7, 11) is 1.50. The van der Waals surface area contributed by atoms with Crippen LogP contribution in [-0.2, 0) is 16.2 Å². The van der Waals surface area contributed by atoms with E-state index >= 15 is 0 Å². The maximum absolute atomic E-state index is 13.2. The summed E-state index contributed by atoms with van der Waals surface area (Å²) in [6, 6.07) is 15.2. The van der Waals surface area contributed by atoms with E-state index in [9.17, 15) is 14.4 Å². The third-order valence-corrected chi connectivity index (χ3v) is 5.92. The number of benzene rings is 3. The summed E-state index contributed by atoms with van der Waals surface area (Å²) in [5.74, 6) is -0.736. The van der Waals surface area contributed by atoms with E-state index in [1.165, 1.54) is 25.3 Å². The van der Waals surface area contributed by atoms with Gasteiger partial charge in [0.05, 0.1) is 12.8 Å². The number of halogens is 3. The van der Waals surface area contributed by atoms with Crippen molar-refractivity contribution in [3.63, 3.8) is 0 Å². The van der Waals surface area contributed by atoms with Gasteiger partial charge in [-0.25, -0.2) is 9.69 Å². The van der Waals surface area contributed by atoms with Gasteiger partial charge in [-0.05, 0) is 60.7 Å². The van der Waals surface area contributed by atoms with E-state index in [1.54, 1.807) is 48.5 Å². The molecule has 10 heteroatoms. The van der Waals surface area contributed by atoms with E-state index in [4.69, 9.17) is 44.3 Å². The molecule has 3 aromatic rings. The predicted octanol–water partition coefficient (Wildman–Crippen LogP) is 5.90. The highest BCUT2D eigenvalue weighted by Crippen LogP contribution is 2.30. The third-order valence-electron chi connectivity index (χ3n) is 5.10. The molecule has 4 amide bonds. The summed E-state index contributed by atoms with van der Waals surface area (Å²) in [6.07, 6.45) is 1.32. The molecule has 0 atom stereocenters. The number of barbiturate groups is 1. The number of methoxy groups -OCH3 is 1. The van der Waals surface area contributed by atoms with Crippen LogP contribution in [0.3, 0.4) is 0 Å². The fraction of sp³-hybridized carbons (Fsp3) is 0.0800. The largest absolute Gasteiger partial charge is 0.497 e. The van der Waals surface area contributed by atoms with E-state index < -0.39 is 17.8 Å². The van der Waals surface area contributed by atoms with Crippen molar-refractivity contribution in [2.45, 2.75) is 6.61 Å². The number of urea groups is 1. The van der Waals surface area contributed by atoms with Gasteiger partial charge in [-0.2, -0.15) is 0 Å². The van der Waals surface area contributed by atoms with Gasteiger partial charge < -0.3 is 9.47 Å². The van der Waals surface area contributed by atoms with Crippen LogP contribution in [0.15, 0.2) is 66.2 Å². The van der Waals surface area contributed by atoms with Crippen molar-refractivity contribution >= 4 is 64.4 Å². The Bertz CT molecular complexity index is 1360. The lowest BCUT2D eigenvalue weighted by Gasteiger charge is -2.26. The summed E-state index contributed by atoms with van der Waals surface area (Å²) in [5, 5.41) is 3.47. The molecule has 178 valence electrons. The molecule has 0 radical (unpaired) electrons. The number of carbonyl (C=O) groups excluding carboxylic acids is 3. The Hall–Kier alpha value is -3.52. The van der Waals surface area contributed by atoms with Crippen LogP contribution in [0.25, 0.3) is 6.08 Å². The number of nitrogens with one attached hydrogen (secondary N) is 1. The Kier molecular flexibility index (Phi) is 7.31. The molecule has 1 N–H and O–H groups in total. The molecule has 0 aliphatic carbocycles. The molecule has 0 bridgehead atoms. The molecule has 1 aliphatic heterocycles. The SMILES string of the molecule is COc1ccc(N2C(=O)NC(=O)/C(=C\c3cc(Cl)ccc3OCc3ccc(Cl)cc3Cl)C2=O)cc1. The summed E-state index contributed by atoms with van der Waals surface area (Å²) in [4.78, 5) is 39.1. The van der Waals surface area contributed by atoms with Gasteiger partial charge in [0.1, 0.15) is 23.7 Å². The molecule has 4 rings (SSSR count). The second kappa shape index (κ2) is 10.4. The monoisotopic (exact) mass is 530 g/mol. The molecule has 1 saturated heterocycles. The average Bonchev–Trinajstić information content (AvgIpc) is 2.82. The lowest BCUT2D eigenvalue weighted by molar-refractivity contribution is -0.122. The molecule has 0 saturated carbocycles. The third kappa shape index (κ3) is 5.43. The van der Waals surface area contributed by atoms with Crippen molar-refractivity contribution in [2.75, 3.05) is 12.0 Å². The Labute approximate surface area is 215 Å². The number of amides is 4. The quantitative estimate of drug-likeness (QED) is 0.316. The molecule has 1 heterocycles. The molecular formula is C25H17Cl3N2O5. The normalized spacial score (nSPS) is 14.8. The summed E-state index contributed by atoms with van der Waals surface area (Å²) < 4.78 is 11.0. The lowest BCUT2D eigenvalue weighted by atomic mass is 10.1. The van der Waals surface area contributed by atoms with E-state index in [2.05, 4.69) is 5.32 Å². The minimum Gasteiger partial charge on any atom is -0.497 e. The van der Waals surface area contributed by atoms with Crippen LogP contribution in [-0.4, -0.2) is 25.0 Å². The van der Waals surface area contributed by atoms with E-state index in [-0.39, 0.29) is 17.9 Å². The van der Waals surface area contributed by atoms with Crippen LogP contribution < -0.4 is 19.7 Å². The smallest absolute Gasteiger partial charge is 0.335 e. The van der Waals surface area contributed by atoms with Gasteiger partial charge in [-0.3, -0.25) is 14.9 Å². The number of hydrogen-bond acceptors (Lipinski definition) is 5. The van der Waals surface area contributed by atoms with Crippen LogP contribution in [0.1, 0.15) is 11.1 Å². The number of carbonyl (C=O) groups is 3. The molecule has 0 unspecified atom stereocenters. The zero-order chi connectivity index (χ0) is 25.1. The lowest BCUT2D eigenvalue weighted by Crippen LogP contribution is -2.54. The second-order valence-corrected chi connectivity index (χ2v) is 8.64. The van der Waals surface area contributed by atoms with Crippen LogP contribution in [0.4, 0.5) is 10.5 Å². The standard InChI is InChI=1S/C25H17Cl3N2O5/c1-34-19-7-5-18(6-8-19)30-24(32)20(23(31)29-25(30)33)11-15-10-16(26)4-9-22(15)35-13-14-2-3-17(27)12-21(14)28/h2-12H,13H2,1H3,(H,29,31,33)/b20-11+. The summed E-state index contributed by atoms with van der Waals surface area (Å²) in [6.45, 7) is 0.102. The molecule has 1 fully saturated rings. The number of nitrogens with zero attached hydrogens (tertiary/aromatic N) is 1. The van der Waals surface area contributed by atoms with Gasteiger partial charge >= 0.3 is 6.03 Å². The van der Waals surface area contributed by atoms with E-state index in [0.29, 0.717) is 37.7 Å². The van der Waals surface area contributed by atoms with Crippen molar-refractivity contribution in [1.82, 2.24) is 5.32 Å². The van der Waals surface area contributed by atoms with Gasteiger partial charge in [0, 0.05) is 26.2 Å². The molecule has 0 spiro atoms. The average molecular weight is 532 g/mol. The number of anilines is 1. The predicted molar refractivity (Wildman–Crippen MR) is 134 cm³/mol. The van der Waals surface area contributed by atoms with Crippen molar-refractivity contribution in [1.29, 1.82) is 0 Å². The number of hydrogen-bond donors (Lipinski definition) is 1. The highest BCUT2D eigenvalue weighted by Gasteiger charge is 2.37. The van der Waals surface area contributed by atoms with Gasteiger partial charge in [0.25, 0.3) is 11.8 Å². The molecule has 3 aromatic carbocycles. The van der Waals surface area contributed by atoms with Crippen LogP contribution in [0, 0.1) is 0 Å². The molecule has 35 heavy (non-hydrogen) atoms. The fourth-order valence-corrected chi connectivity index (χ4v) is 3.98.